The minimum Gasteiger partial charge on any atom is -0.394 e. The molecule has 82 valence electrons. The fourth-order valence-electron chi connectivity index (χ4n) is 0.601. The van der Waals surface area contributed by atoms with E-state index in [4.69, 9.17) is 20.4 Å². The number of hydrazone groups is 1. The lowest BCUT2D eigenvalue weighted by Gasteiger charge is -2.17. The lowest BCUT2D eigenvalue weighted by molar-refractivity contribution is -0.0542. The van der Waals surface area contributed by atoms with Crippen LogP contribution in [0.15, 0.2) is 5.10 Å². The van der Waals surface area contributed by atoms with Gasteiger partial charge in [0.25, 0.3) is 0 Å². The smallest absolute Gasteiger partial charge is 0.332 e. The van der Waals surface area contributed by atoms with E-state index in [2.05, 4.69) is 10.8 Å². The molecule has 0 heterocycles. The van der Waals surface area contributed by atoms with Crippen molar-refractivity contribution in [1.29, 1.82) is 0 Å². The molecular weight excluding hydrogens is 194 g/mol. The average Bonchev–Trinajstić information content (AvgIpc) is 2.14. The van der Waals surface area contributed by atoms with E-state index in [0.717, 1.165) is 6.21 Å². The third-order valence-electron chi connectivity index (χ3n) is 1.33. The van der Waals surface area contributed by atoms with Gasteiger partial charge in [-0.1, -0.05) is 0 Å². The summed E-state index contributed by atoms with van der Waals surface area (Å²) < 4.78 is 0. The molecule has 0 radical (unpaired) electrons. The largest absolute Gasteiger partial charge is 0.394 e. The highest BCUT2D eigenvalue weighted by atomic mass is 16.4. The van der Waals surface area contributed by atoms with Crippen molar-refractivity contribution in [3.63, 3.8) is 0 Å². The Morgan fingerprint density at radius 2 is 2.07 bits per heavy atom. The summed E-state index contributed by atoms with van der Waals surface area (Å²) in [6.45, 7) is -0.699. The molecule has 7 N–H and O–H groups in total. The first-order valence-electron chi connectivity index (χ1n) is 3.72. The Balaban J connectivity index is 3.99. The van der Waals surface area contributed by atoms with Crippen molar-refractivity contribution < 1.29 is 25.2 Å². The third kappa shape index (κ3) is 4.72. The molecule has 8 heteroatoms. The van der Waals surface area contributed by atoms with Gasteiger partial charge in [-0.3, -0.25) is 0 Å². The number of carbonyl (C=O) groups excluding carboxylic acids is 1. The minimum absolute atomic E-state index is 0.699. The second-order valence-corrected chi connectivity index (χ2v) is 2.49. The quantitative estimate of drug-likeness (QED) is 0.206. The molecule has 8 nitrogen and oxygen atoms in total. The fraction of sp³-hybridized carbons (Fsp3) is 0.667. The van der Waals surface area contributed by atoms with Crippen molar-refractivity contribution in [2.45, 2.75) is 18.3 Å². The number of hydrogen-bond acceptors (Lipinski definition) is 6. The lowest BCUT2D eigenvalue weighted by atomic mass is 10.1. The zero-order valence-corrected chi connectivity index (χ0v) is 7.24. The predicted octanol–water partition coefficient (Wildman–Crippen LogP) is -3.28. The molecule has 0 aromatic carbocycles. The van der Waals surface area contributed by atoms with Crippen LogP contribution in [-0.2, 0) is 0 Å². The van der Waals surface area contributed by atoms with Gasteiger partial charge >= 0.3 is 6.03 Å². The second-order valence-electron chi connectivity index (χ2n) is 2.49. The van der Waals surface area contributed by atoms with Crippen LogP contribution < -0.4 is 11.2 Å². The summed E-state index contributed by atoms with van der Waals surface area (Å²) >= 11 is 0. The number of urea groups is 1. The molecule has 0 aliphatic rings. The molecule has 0 saturated heterocycles. The van der Waals surface area contributed by atoms with E-state index in [1.165, 1.54) is 0 Å². The third-order valence-corrected chi connectivity index (χ3v) is 1.33. The Hall–Kier alpha value is -1.22. The molecule has 0 rings (SSSR count). The highest BCUT2D eigenvalue weighted by Gasteiger charge is 2.22. The van der Waals surface area contributed by atoms with Gasteiger partial charge in [-0.05, 0) is 0 Å². The standard InChI is InChI=1S/C6H13N3O5/c7-6(14)9-8-1-3(11)5(13)4(12)2-10/h1,3-5,10-13H,2H2,(H3,7,9,14)/b8-1+. The number of aliphatic hydroxyl groups is 4. The number of rotatable bonds is 5. The lowest BCUT2D eigenvalue weighted by Crippen LogP contribution is -2.40. The number of nitrogens with zero attached hydrogens (tertiary/aromatic N) is 1. The van der Waals surface area contributed by atoms with Gasteiger partial charge in [-0.15, -0.1) is 0 Å². The molecule has 0 aliphatic carbocycles. The zero-order chi connectivity index (χ0) is 11.1. The van der Waals surface area contributed by atoms with Gasteiger partial charge < -0.3 is 26.2 Å². The molecular formula is C6H13N3O5. The number of primary amides is 1. The van der Waals surface area contributed by atoms with E-state index in [-0.39, 0.29) is 0 Å². The first-order valence-corrected chi connectivity index (χ1v) is 3.72. The number of aliphatic hydroxyl groups excluding tert-OH is 4. The van der Waals surface area contributed by atoms with Crippen LogP contribution in [0.4, 0.5) is 4.79 Å². The number of hydrogen-bond donors (Lipinski definition) is 6. The molecule has 0 aliphatic heterocycles. The Kier molecular flexibility index (Phi) is 5.72. The summed E-state index contributed by atoms with van der Waals surface area (Å²) in [5.74, 6) is 0. The first kappa shape index (κ1) is 12.8. The molecule has 3 unspecified atom stereocenters. The van der Waals surface area contributed by atoms with E-state index < -0.39 is 30.9 Å². The van der Waals surface area contributed by atoms with Crippen molar-refractivity contribution in [2.75, 3.05) is 6.61 Å². The topological polar surface area (TPSA) is 148 Å². The summed E-state index contributed by atoms with van der Waals surface area (Å²) in [7, 11) is 0. The molecule has 2 amide bonds. The molecule has 0 aromatic rings. The Morgan fingerprint density at radius 1 is 1.50 bits per heavy atom. The normalized spacial score (nSPS) is 17.7. The maximum atomic E-state index is 10.1. The SMILES string of the molecule is NC(=O)N/N=C/C(O)C(O)C(O)CO. The molecule has 3 atom stereocenters. The Labute approximate surface area is 79.7 Å². The van der Waals surface area contributed by atoms with Gasteiger partial charge in [0.1, 0.15) is 18.3 Å². The molecule has 14 heavy (non-hydrogen) atoms. The van der Waals surface area contributed by atoms with Crippen LogP contribution in [0.1, 0.15) is 0 Å². The molecule has 0 aromatic heterocycles. The van der Waals surface area contributed by atoms with E-state index in [1.807, 2.05) is 0 Å². The highest BCUT2D eigenvalue weighted by Crippen LogP contribution is 1.97. The zero-order valence-electron chi connectivity index (χ0n) is 7.24. The maximum Gasteiger partial charge on any atom is 0.332 e. The average molecular weight is 207 g/mol. The van der Waals surface area contributed by atoms with E-state index >= 15 is 0 Å². The van der Waals surface area contributed by atoms with Crippen LogP contribution in [0.2, 0.25) is 0 Å². The highest BCUT2D eigenvalue weighted by molar-refractivity contribution is 5.73. The number of nitrogens with one attached hydrogen (secondary N) is 1. The summed E-state index contributed by atoms with van der Waals surface area (Å²) in [6.07, 6.45) is -3.80. The van der Waals surface area contributed by atoms with Crippen LogP contribution in [0.5, 0.6) is 0 Å². The van der Waals surface area contributed by atoms with E-state index in [0.29, 0.717) is 0 Å². The van der Waals surface area contributed by atoms with Crippen molar-refractivity contribution >= 4 is 12.2 Å². The predicted molar refractivity (Wildman–Crippen MR) is 46.3 cm³/mol. The van der Waals surface area contributed by atoms with Gasteiger partial charge in [0.2, 0.25) is 0 Å². The van der Waals surface area contributed by atoms with Crippen LogP contribution in [0.3, 0.4) is 0 Å². The Bertz CT molecular complexity index is 210. The van der Waals surface area contributed by atoms with E-state index in [1.54, 1.807) is 5.43 Å². The molecule has 0 saturated carbocycles. The minimum atomic E-state index is -1.58. The number of nitrogens with two attached hydrogens (primary N) is 1. The van der Waals surface area contributed by atoms with Crippen LogP contribution in [0.25, 0.3) is 0 Å². The number of amides is 2. The van der Waals surface area contributed by atoms with Crippen LogP contribution in [-0.4, -0.2) is 57.6 Å². The molecule has 0 bridgehead atoms. The van der Waals surface area contributed by atoms with Crippen molar-refractivity contribution in [3.05, 3.63) is 0 Å². The van der Waals surface area contributed by atoms with Crippen LogP contribution >= 0.6 is 0 Å². The Morgan fingerprint density at radius 3 is 2.50 bits per heavy atom. The summed E-state index contributed by atoms with van der Waals surface area (Å²) in [5, 5.41) is 38.6. The van der Waals surface area contributed by atoms with Crippen molar-refractivity contribution in [3.8, 4) is 0 Å². The molecule has 0 fully saturated rings. The van der Waals surface area contributed by atoms with Gasteiger partial charge in [0.05, 0.1) is 12.8 Å². The van der Waals surface area contributed by atoms with Gasteiger partial charge in [-0.2, -0.15) is 5.10 Å². The molecule has 0 spiro atoms. The van der Waals surface area contributed by atoms with Gasteiger partial charge in [0, 0.05) is 0 Å². The number of carbonyl (C=O) groups is 1. The summed E-state index contributed by atoms with van der Waals surface area (Å²) in [5.41, 5.74) is 6.42. The summed E-state index contributed by atoms with van der Waals surface area (Å²) in [6, 6.07) is -0.925. The van der Waals surface area contributed by atoms with Crippen LogP contribution in [0, 0.1) is 0 Å². The monoisotopic (exact) mass is 207 g/mol. The van der Waals surface area contributed by atoms with E-state index in [9.17, 15) is 4.79 Å². The van der Waals surface area contributed by atoms with Crippen molar-refractivity contribution in [2.24, 2.45) is 10.8 Å². The maximum absolute atomic E-state index is 10.1. The van der Waals surface area contributed by atoms with Crippen molar-refractivity contribution in [1.82, 2.24) is 5.43 Å². The van der Waals surface area contributed by atoms with Gasteiger partial charge in [-0.25, -0.2) is 10.2 Å². The second kappa shape index (κ2) is 6.27. The fourth-order valence-corrected chi connectivity index (χ4v) is 0.601. The van der Waals surface area contributed by atoms with Gasteiger partial charge in [0.15, 0.2) is 0 Å². The summed E-state index contributed by atoms with van der Waals surface area (Å²) in [4.78, 5) is 10.1. The first-order chi connectivity index (χ1) is 6.49.